The number of benzene rings is 8. The van der Waals surface area contributed by atoms with Crippen molar-refractivity contribution in [2.24, 2.45) is 17.8 Å². The number of aliphatic hydroxyl groups excluding tert-OH is 4. The van der Waals surface area contributed by atoms with Gasteiger partial charge in [0.25, 0.3) is 0 Å². The normalized spacial score (nSPS) is 19.4. The molecule has 8 aromatic carbocycles. The van der Waals surface area contributed by atoms with Crippen LogP contribution in [0, 0.1) is 17.8 Å². The molecule has 120 heavy (non-hydrogen) atoms. The van der Waals surface area contributed by atoms with Gasteiger partial charge in [-0.3, -0.25) is 4.79 Å². The number of aryl methyl sites for hydroxylation is 4. The second kappa shape index (κ2) is 37.9. The number of aliphatic hydroxyl groups is 4. The minimum Gasteiger partial charge on any atom is -0.493 e. The number of fused-ring (bicyclic) bond motifs is 13. The summed E-state index contributed by atoms with van der Waals surface area (Å²) in [5, 5.41) is 45.8. The van der Waals surface area contributed by atoms with Gasteiger partial charge in [-0.2, -0.15) is 0 Å². The van der Waals surface area contributed by atoms with Crippen LogP contribution in [0.2, 0.25) is 0 Å². The van der Waals surface area contributed by atoms with Crippen LogP contribution in [0.1, 0.15) is 258 Å². The summed E-state index contributed by atoms with van der Waals surface area (Å²) < 4.78 is 24.8. The molecule has 13 aromatic rings. The smallest absolute Gasteiger partial charge is 0.231 e. The first-order valence-corrected chi connectivity index (χ1v) is 45.3. The zero-order valence-corrected chi connectivity index (χ0v) is 72.0. The molecule has 1 saturated heterocycles. The minimum atomic E-state index is 0.0414. The van der Waals surface area contributed by atoms with Gasteiger partial charge in [0.05, 0.1) is 38.7 Å². The van der Waals surface area contributed by atoms with Gasteiger partial charge in [-0.25, -0.2) is 4.98 Å². The van der Waals surface area contributed by atoms with E-state index in [0.717, 1.165) is 126 Å². The first-order chi connectivity index (χ1) is 58.8. The predicted molar refractivity (Wildman–Crippen MR) is 485 cm³/mol. The molecule has 8 N–H and O–H groups in total. The number of anilines is 1. The highest BCUT2D eigenvalue weighted by Gasteiger charge is 2.39. The average Bonchev–Trinajstić information content (AvgIpc) is 1.57. The molecule has 5 aromatic heterocycles. The average molecular weight is 1620 g/mol. The van der Waals surface area contributed by atoms with Gasteiger partial charge >= 0.3 is 0 Å². The summed E-state index contributed by atoms with van der Waals surface area (Å²) in [5.41, 5.74) is 31.8. The number of carbonyl (C=O) groups is 1. The molecule has 1 amide bonds. The fraction of sp³-hybridized carbons (Fsp3) is 0.442. The molecule has 7 atom stereocenters. The number of carbonyl (C=O) groups excluding carboxylic acids is 1. The van der Waals surface area contributed by atoms with E-state index in [0.29, 0.717) is 49.3 Å². The van der Waals surface area contributed by atoms with E-state index < -0.39 is 0 Å². The van der Waals surface area contributed by atoms with Gasteiger partial charge in [-0.1, -0.05) is 141 Å². The molecule has 9 aliphatic rings. The van der Waals surface area contributed by atoms with Crippen LogP contribution in [0.4, 0.5) is 5.69 Å². The number of oxazole rings is 1. The van der Waals surface area contributed by atoms with E-state index in [1.807, 2.05) is 37.3 Å². The predicted octanol–water partition coefficient (Wildman–Crippen LogP) is 22.2. The molecule has 630 valence electrons. The number of hydrogen-bond acceptors (Lipinski definition) is 11. The van der Waals surface area contributed by atoms with Gasteiger partial charge in [-0.15, -0.1) is 0 Å². The minimum absolute atomic E-state index is 0.0414. The van der Waals surface area contributed by atoms with Gasteiger partial charge in [0.2, 0.25) is 12.7 Å². The Morgan fingerprint density at radius 1 is 0.608 bits per heavy atom. The lowest BCUT2D eigenvalue weighted by molar-refractivity contribution is -0.121. The molecule has 1 saturated carbocycles. The number of hydrogen-bond donors (Lipinski definition) is 8. The molecule has 22 rings (SSSR count). The highest BCUT2D eigenvalue weighted by molar-refractivity contribution is 5.95. The zero-order valence-electron chi connectivity index (χ0n) is 72.0. The number of rotatable bonds is 17. The molecular weight excluding hydrogens is 1490 g/mol. The summed E-state index contributed by atoms with van der Waals surface area (Å²) in [4.78, 5) is 29.0. The molecule has 2 fully saturated rings. The maximum atomic E-state index is 11.8. The molecule has 16 nitrogen and oxygen atoms in total. The van der Waals surface area contributed by atoms with E-state index in [2.05, 4.69) is 199 Å². The van der Waals surface area contributed by atoms with Gasteiger partial charge in [0.1, 0.15) is 11.3 Å². The van der Waals surface area contributed by atoms with E-state index in [-0.39, 0.29) is 32.3 Å². The first-order valence-electron chi connectivity index (χ1n) is 45.3. The summed E-state index contributed by atoms with van der Waals surface area (Å²) in [6, 6.07) is 46.3. The van der Waals surface area contributed by atoms with E-state index in [1.54, 1.807) is 0 Å². The quantitative estimate of drug-likeness (QED) is 0.0429. The van der Waals surface area contributed by atoms with Crippen LogP contribution in [-0.2, 0) is 89.1 Å². The topological polar surface area (TPSA) is 219 Å². The van der Waals surface area contributed by atoms with E-state index in [9.17, 15) is 25.2 Å². The Morgan fingerprint density at radius 2 is 1.38 bits per heavy atom. The number of para-hydroxylation sites is 1. The number of aromatic amines is 3. The van der Waals surface area contributed by atoms with E-state index in [4.69, 9.17) is 18.6 Å². The maximum Gasteiger partial charge on any atom is 0.231 e. The first kappa shape index (κ1) is 83.5. The van der Waals surface area contributed by atoms with Gasteiger partial charge in [-0.05, 0) is 272 Å². The number of aromatic nitrogens is 5. The third-order valence-corrected chi connectivity index (χ3v) is 27.2. The highest BCUT2D eigenvalue weighted by Crippen LogP contribution is 2.52. The third-order valence-electron chi connectivity index (χ3n) is 27.2. The van der Waals surface area contributed by atoms with Gasteiger partial charge < -0.3 is 68.8 Å². The second-order valence-electron chi connectivity index (χ2n) is 35.0. The fourth-order valence-corrected chi connectivity index (χ4v) is 20.9. The van der Waals surface area contributed by atoms with Crippen molar-refractivity contribution >= 4 is 66.3 Å². The van der Waals surface area contributed by atoms with Crippen LogP contribution in [0.25, 0.3) is 66.0 Å². The Kier molecular flexibility index (Phi) is 26.4. The lowest BCUT2D eigenvalue weighted by Gasteiger charge is -2.22. The summed E-state index contributed by atoms with van der Waals surface area (Å²) in [6.07, 6.45) is 28.1. The number of H-pyrrole nitrogens is 3. The molecule has 9 heterocycles. The standard InChI is InChI=1S/C22H24N2O2.C15H19NO.2C14H17NO.C13H15NO.C13H17NO.C13H16O2/c1-2-5-21(26)23-11-10-18-19-12-15(14-25)8-9-20(19)24-13-16-6-3-4-7-17(16)22(18)24;1-2-11-4-3-5-14-15(11)12-8-10(9-17)6-7-13(12)16-14;1-3-9-8-11(9)10-6-5-7-12-14(10)16-13(4-2)15-12;1-2-9-3-5-11-10(8-16)4-6-13-14(11)12(9)7-15-13;1-8-4-10-6-14-12-3-2-9(7-15)11(5-8)13(10)12;1-10-5-7-14(9-10)12-3-2-4-13-11(12)6-8-15-13;1-2-3-9-4-5-10-6-7-11-13(12(9)10)15-8-14-11/h3-4,6-9,12,25H,2,5,10-11,13-14H2,1H3,(H,23,26);6-8,11,16-17H,2-5,9H2,1H3;5-7,9,11H,3-4,8H2,1-2H3;4,6-7,9,15-16H,2-3,5,8H2,1H3;2-3,6,8,14-15H,4-5,7H2,1H3;2-4,10H,5-9H2,1H3;6-7,9H,2-5,8H2,1H3/t;;9-,11?;;;10-;/m..0..1./s1. The van der Waals surface area contributed by atoms with Crippen molar-refractivity contribution in [3.8, 4) is 28.5 Å². The zero-order chi connectivity index (χ0) is 83.1. The molecule has 4 aliphatic heterocycles. The number of nitrogens with one attached hydrogen (secondary N) is 4. The van der Waals surface area contributed by atoms with E-state index in [1.165, 1.54) is 224 Å². The van der Waals surface area contributed by atoms with Crippen molar-refractivity contribution in [2.75, 3.05) is 37.9 Å². The molecule has 0 spiro atoms. The third kappa shape index (κ3) is 17.3. The van der Waals surface area contributed by atoms with Crippen LogP contribution < -0.4 is 24.4 Å². The molecule has 0 radical (unpaired) electrons. The summed E-state index contributed by atoms with van der Waals surface area (Å²) in [7, 11) is 0. The molecular formula is C104H125N7O9. The fourth-order valence-electron chi connectivity index (χ4n) is 20.9. The van der Waals surface area contributed by atoms with Crippen LogP contribution >= 0.6 is 0 Å². The van der Waals surface area contributed by atoms with Crippen LogP contribution in [0.3, 0.4) is 0 Å². The van der Waals surface area contributed by atoms with Crippen molar-refractivity contribution < 1.29 is 43.8 Å². The second-order valence-corrected chi connectivity index (χ2v) is 35.0. The Hall–Kier alpha value is -10.1. The lowest BCUT2D eigenvalue weighted by Crippen LogP contribution is -2.25. The monoisotopic (exact) mass is 1620 g/mol. The maximum absolute atomic E-state index is 11.8. The molecule has 0 bridgehead atoms. The number of ether oxygens (including phenoxy) is 3. The Bertz CT molecular complexity index is 5750. The van der Waals surface area contributed by atoms with Crippen LogP contribution in [-0.4, -0.2) is 83.9 Å². The van der Waals surface area contributed by atoms with Crippen LogP contribution in [0.15, 0.2) is 150 Å². The van der Waals surface area contributed by atoms with Crippen LogP contribution in [0.5, 0.6) is 17.2 Å². The van der Waals surface area contributed by atoms with Gasteiger partial charge in [0, 0.05) is 135 Å². The summed E-state index contributed by atoms with van der Waals surface area (Å²) >= 11 is 0. The Labute approximate surface area is 707 Å². The van der Waals surface area contributed by atoms with Gasteiger partial charge in [0.15, 0.2) is 23.0 Å². The summed E-state index contributed by atoms with van der Waals surface area (Å²) in [5.74, 6) is 9.23. The highest BCUT2D eigenvalue weighted by atomic mass is 16.7. The van der Waals surface area contributed by atoms with Crippen molar-refractivity contribution in [2.45, 2.75) is 247 Å². The number of amides is 1. The number of nitrogens with zero attached hydrogens (tertiary/aromatic N) is 3. The largest absolute Gasteiger partial charge is 0.493 e. The molecule has 16 heteroatoms. The Morgan fingerprint density at radius 3 is 2.13 bits per heavy atom. The summed E-state index contributed by atoms with van der Waals surface area (Å²) in [6.45, 7) is 23.4. The van der Waals surface area contributed by atoms with Crippen molar-refractivity contribution in [3.05, 3.63) is 241 Å². The molecule has 5 aliphatic carbocycles. The van der Waals surface area contributed by atoms with Crippen molar-refractivity contribution in [3.63, 3.8) is 0 Å². The lowest BCUT2D eigenvalue weighted by atomic mass is 9.81. The SMILES string of the molecule is CC1Cc2c[nH]c3ccc(CO)c(c23)C1.CCC1CCCc2[nH]c3ccc(CO)cc3c21.CCC1CCc2c(CO)ccc3[nH]cc1c23.CCCC(=O)NCCc1c2n(c3ccc(CO)cc13)Cc1ccccc1-2.CCCC1CCc2ccc3c(c21)OCO3.CCc1nc2cccc(C3C[C@@H]3CC)c2o1.C[C@@H]1CCN(c2cccc3c2CCO3)C1. The van der Waals surface area contributed by atoms with E-state index >= 15 is 0 Å². The Balaban J connectivity index is 0.000000105. The van der Waals surface area contributed by atoms with Crippen molar-refractivity contribution in [1.82, 2.24) is 29.8 Å². The molecule has 5 unspecified atom stereocenters. The van der Waals surface area contributed by atoms with Crippen molar-refractivity contribution in [1.29, 1.82) is 0 Å².